The second-order valence-corrected chi connectivity index (χ2v) is 4.71. The maximum absolute atomic E-state index is 12.6. The van der Waals surface area contributed by atoms with E-state index in [-0.39, 0.29) is 19.0 Å². The van der Waals surface area contributed by atoms with Crippen molar-refractivity contribution in [3.05, 3.63) is 71.8 Å². The lowest BCUT2D eigenvalue weighted by Gasteiger charge is -2.10. The molecule has 0 aliphatic rings. The molecule has 0 fully saturated rings. The summed E-state index contributed by atoms with van der Waals surface area (Å²) in [6.07, 6.45) is 1.03. The molecule has 0 saturated carbocycles. The number of ketones is 1. The van der Waals surface area contributed by atoms with E-state index in [9.17, 15) is 13.4 Å². The summed E-state index contributed by atoms with van der Waals surface area (Å²) in [4.78, 5) is 12.2. The van der Waals surface area contributed by atoms with Gasteiger partial charge in [0.05, 0.1) is 6.61 Å². The molecular weight excluding hydrogens is 317 g/mol. The Kier molecular flexibility index (Phi) is 6.51. The van der Waals surface area contributed by atoms with E-state index >= 15 is 0 Å². The third-order valence-corrected chi connectivity index (χ3v) is 3.04. The maximum Gasteiger partial charge on any atom is 0.796 e. The average Bonchev–Trinajstić information content (AvgIpc) is 2.60. The molecule has 0 heterocycles. The molecule has 1 N–H and O–H groups in total. The molecule has 0 spiro atoms. The molecule has 0 aliphatic heterocycles. The Bertz CT molecular complexity index is 687. The van der Waals surface area contributed by atoms with Crippen molar-refractivity contribution >= 4 is 19.0 Å². The fraction of sp³-hybridized carbons (Fsp3) is 0.118. The van der Waals surface area contributed by atoms with Crippen molar-refractivity contribution in [2.45, 2.75) is 0 Å². The van der Waals surface area contributed by atoms with Crippen LogP contribution in [-0.2, 0) is 4.65 Å². The van der Waals surface area contributed by atoms with Crippen LogP contribution in [0.3, 0.4) is 0 Å². The van der Waals surface area contributed by atoms with Gasteiger partial charge in [-0.1, -0.05) is 30.3 Å². The largest absolute Gasteiger partial charge is 0.796 e. The molecule has 2 aromatic rings. The van der Waals surface area contributed by atoms with Crippen molar-refractivity contribution in [2.75, 3.05) is 13.2 Å². The average molecular weight is 332 g/mol. The first kappa shape index (κ1) is 17.7. The number of aliphatic hydroxyl groups is 1. The van der Waals surface area contributed by atoms with E-state index in [0.29, 0.717) is 16.9 Å². The fourth-order valence-corrected chi connectivity index (χ4v) is 1.97. The van der Waals surface area contributed by atoms with E-state index in [2.05, 4.69) is 4.65 Å². The fourth-order valence-electron chi connectivity index (χ4n) is 1.97. The van der Waals surface area contributed by atoms with Gasteiger partial charge in [-0.3, -0.25) is 4.79 Å². The number of aliphatic hydroxyl groups excluding tert-OH is 1. The number of benzene rings is 2. The zero-order valence-corrected chi connectivity index (χ0v) is 12.7. The van der Waals surface area contributed by atoms with Crippen molar-refractivity contribution in [1.82, 2.24) is 0 Å². The zero-order valence-electron chi connectivity index (χ0n) is 12.7. The van der Waals surface area contributed by atoms with Gasteiger partial charge in [0.25, 0.3) is 0 Å². The van der Waals surface area contributed by atoms with Gasteiger partial charge in [0.2, 0.25) is 0 Å². The summed E-state index contributed by atoms with van der Waals surface area (Å²) < 4.78 is 35.0. The SMILES string of the molecule is O=C(/C=C(\OB(F)F)c1ccc(OCCO)cc1)c1ccccc1. The molecule has 0 atom stereocenters. The summed E-state index contributed by atoms with van der Waals surface area (Å²) in [6, 6.07) is 14.4. The molecule has 0 aliphatic carbocycles. The smallest absolute Gasteiger partial charge is 0.505 e. The lowest BCUT2D eigenvalue weighted by molar-refractivity contribution is 0.104. The van der Waals surface area contributed by atoms with Crippen molar-refractivity contribution in [2.24, 2.45) is 0 Å². The molecule has 7 heteroatoms. The van der Waals surface area contributed by atoms with E-state index in [4.69, 9.17) is 9.84 Å². The third-order valence-electron chi connectivity index (χ3n) is 3.04. The molecule has 2 rings (SSSR count). The van der Waals surface area contributed by atoms with Crippen molar-refractivity contribution in [1.29, 1.82) is 0 Å². The number of ether oxygens (including phenoxy) is 1. The van der Waals surface area contributed by atoms with Gasteiger partial charge in [-0.15, -0.1) is 0 Å². The van der Waals surface area contributed by atoms with Crippen molar-refractivity contribution in [3.63, 3.8) is 0 Å². The minimum Gasteiger partial charge on any atom is -0.505 e. The van der Waals surface area contributed by atoms with Gasteiger partial charge < -0.3 is 14.5 Å². The van der Waals surface area contributed by atoms with E-state index in [1.807, 2.05) is 0 Å². The summed E-state index contributed by atoms with van der Waals surface area (Å²) in [5, 5.41) is 8.70. The summed E-state index contributed by atoms with van der Waals surface area (Å²) in [7, 11) is -3.05. The van der Waals surface area contributed by atoms with Crippen LogP contribution in [0.15, 0.2) is 60.7 Å². The van der Waals surface area contributed by atoms with E-state index in [1.54, 1.807) is 42.5 Å². The van der Waals surface area contributed by atoms with Gasteiger partial charge in [-0.2, -0.15) is 0 Å². The first-order valence-corrected chi connectivity index (χ1v) is 7.20. The van der Waals surface area contributed by atoms with E-state index in [1.165, 1.54) is 12.1 Å². The molecule has 0 aromatic heterocycles. The summed E-state index contributed by atoms with van der Waals surface area (Å²) >= 11 is 0. The van der Waals surface area contributed by atoms with Crippen LogP contribution in [-0.4, -0.2) is 31.6 Å². The van der Waals surface area contributed by atoms with Crippen LogP contribution in [0, 0.1) is 0 Å². The quantitative estimate of drug-likeness (QED) is 0.349. The Hall–Kier alpha value is -2.67. The molecule has 24 heavy (non-hydrogen) atoms. The second-order valence-electron chi connectivity index (χ2n) is 4.71. The number of allylic oxidation sites excluding steroid dienone is 1. The second kappa shape index (κ2) is 8.83. The summed E-state index contributed by atoms with van der Waals surface area (Å²) in [5.74, 6) is -0.196. The molecular formula is C17H15BF2O4. The highest BCUT2D eigenvalue weighted by Crippen LogP contribution is 2.22. The highest BCUT2D eigenvalue weighted by Gasteiger charge is 2.21. The van der Waals surface area contributed by atoms with Crippen molar-refractivity contribution in [3.8, 4) is 5.75 Å². The first-order chi connectivity index (χ1) is 11.6. The molecule has 0 unspecified atom stereocenters. The number of hydrogen-bond acceptors (Lipinski definition) is 4. The molecule has 0 saturated heterocycles. The highest BCUT2D eigenvalue weighted by molar-refractivity contribution is 6.36. The van der Waals surface area contributed by atoms with E-state index < -0.39 is 13.3 Å². The standard InChI is InChI=1S/C17H15BF2O4/c19-18(20)24-17(12-16(22)13-4-2-1-3-5-13)14-6-8-15(9-7-14)23-11-10-21/h1-9,12,21H,10-11H2/b17-12-. The van der Waals surface area contributed by atoms with Crippen molar-refractivity contribution < 1.29 is 27.9 Å². The first-order valence-electron chi connectivity index (χ1n) is 7.20. The van der Waals surface area contributed by atoms with Gasteiger partial charge in [0.1, 0.15) is 18.1 Å². The van der Waals surface area contributed by atoms with Crippen LogP contribution in [0.25, 0.3) is 5.76 Å². The molecule has 2 aromatic carbocycles. The lowest BCUT2D eigenvalue weighted by atomic mass is 10.1. The number of carbonyl (C=O) groups is 1. The minimum atomic E-state index is -3.05. The Labute approximate surface area is 138 Å². The Morgan fingerprint density at radius 3 is 2.29 bits per heavy atom. The van der Waals surface area contributed by atoms with Crippen LogP contribution in [0.4, 0.5) is 8.63 Å². The Morgan fingerprint density at radius 1 is 1.04 bits per heavy atom. The molecule has 0 bridgehead atoms. The zero-order chi connectivity index (χ0) is 17.4. The number of rotatable bonds is 8. The molecule has 4 nitrogen and oxygen atoms in total. The third kappa shape index (κ3) is 5.21. The Balaban J connectivity index is 2.24. The Morgan fingerprint density at radius 2 is 1.71 bits per heavy atom. The molecule has 0 radical (unpaired) electrons. The highest BCUT2D eigenvalue weighted by atomic mass is 19.2. The van der Waals surface area contributed by atoms with Gasteiger partial charge in [-0.25, -0.2) is 8.63 Å². The van der Waals surface area contributed by atoms with Crippen LogP contribution in [0.1, 0.15) is 15.9 Å². The number of carbonyl (C=O) groups excluding carboxylic acids is 1. The van der Waals surface area contributed by atoms with Gasteiger partial charge in [0.15, 0.2) is 5.78 Å². The van der Waals surface area contributed by atoms with Crippen LogP contribution in [0.5, 0.6) is 5.75 Å². The summed E-state index contributed by atoms with van der Waals surface area (Å²) in [5.41, 5.74) is 0.687. The van der Waals surface area contributed by atoms with Crippen LogP contribution < -0.4 is 4.74 Å². The molecule has 124 valence electrons. The number of hydrogen-bond donors (Lipinski definition) is 1. The van der Waals surface area contributed by atoms with Gasteiger partial charge in [0, 0.05) is 17.2 Å². The number of halogens is 2. The topological polar surface area (TPSA) is 55.8 Å². The van der Waals surface area contributed by atoms with E-state index in [0.717, 1.165) is 6.08 Å². The predicted octanol–water partition coefficient (Wildman–Crippen LogP) is 3.22. The maximum atomic E-state index is 12.6. The van der Waals surface area contributed by atoms with Crippen LogP contribution >= 0.6 is 0 Å². The normalized spacial score (nSPS) is 11.0. The lowest BCUT2D eigenvalue weighted by Crippen LogP contribution is -2.07. The minimum absolute atomic E-state index is 0.127. The molecule has 0 amide bonds. The van der Waals surface area contributed by atoms with Gasteiger partial charge >= 0.3 is 7.47 Å². The van der Waals surface area contributed by atoms with Gasteiger partial charge in [-0.05, 0) is 24.3 Å². The monoisotopic (exact) mass is 332 g/mol. The summed E-state index contributed by atoms with van der Waals surface area (Å²) in [6.45, 7) is -0.00492. The predicted molar refractivity (Wildman–Crippen MR) is 86.8 cm³/mol. The van der Waals surface area contributed by atoms with Crippen LogP contribution in [0.2, 0.25) is 0 Å².